The van der Waals surface area contributed by atoms with Gasteiger partial charge in [0.15, 0.2) is 0 Å². The van der Waals surface area contributed by atoms with Crippen molar-refractivity contribution < 1.29 is 4.42 Å². The van der Waals surface area contributed by atoms with Crippen molar-refractivity contribution in [2.75, 3.05) is 0 Å². The van der Waals surface area contributed by atoms with Crippen LogP contribution in [0.15, 0.2) is 106 Å². The van der Waals surface area contributed by atoms with Gasteiger partial charge in [0.05, 0.1) is 16.1 Å². The first-order chi connectivity index (χ1) is 16.2. The summed E-state index contributed by atoms with van der Waals surface area (Å²) in [5.74, 6) is 0. The highest BCUT2D eigenvalue weighted by atomic mass is 32.1. The van der Waals surface area contributed by atoms with Crippen molar-refractivity contribution in [3.8, 4) is 32.3 Å². The van der Waals surface area contributed by atoms with Crippen molar-refractivity contribution in [1.82, 2.24) is 4.98 Å². The van der Waals surface area contributed by atoms with Gasteiger partial charge < -0.3 is 4.42 Å². The summed E-state index contributed by atoms with van der Waals surface area (Å²) >= 11 is 1.59. The van der Waals surface area contributed by atoms with Crippen LogP contribution in [0.25, 0.3) is 54.0 Å². The number of benzene rings is 4. The Balaban J connectivity index is 1.64. The summed E-state index contributed by atoms with van der Waals surface area (Å²) in [6, 6.07) is 32.3. The van der Waals surface area contributed by atoms with Gasteiger partial charge in [0.25, 0.3) is 0 Å². The molecule has 2 aromatic heterocycles. The van der Waals surface area contributed by atoms with Crippen molar-refractivity contribution in [3.05, 3.63) is 113 Å². The molecule has 0 bridgehead atoms. The molecule has 158 valence electrons. The van der Waals surface area contributed by atoms with Crippen LogP contribution >= 0.6 is 11.3 Å². The van der Waals surface area contributed by atoms with E-state index in [9.17, 15) is 4.79 Å². The van der Waals surface area contributed by atoms with E-state index in [1.807, 2.05) is 60.7 Å². The van der Waals surface area contributed by atoms with Crippen LogP contribution in [0, 0.1) is 6.92 Å². The summed E-state index contributed by atoms with van der Waals surface area (Å²) in [4.78, 5) is 19.1. The van der Waals surface area contributed by atoms with Crippen LogP contribution < -0.4 is 5.63 Å². The molecule has 3 nitrogen and oxygen atoms in total. The number of hydrogen-bond acceptors (Lipinski definition) is 4. The summed E-state index contributed by atoms with van der Waals surface area (Å²) < 4.78 is 5.79. The van der Waals surface area contributed by atoms with E-state index in [1.165, 1.54) is 5.56 Å². The zero-order chi connectivity index (χ0) is 22.4. The standard InChI is InChI=1S/C29H19NO2S/c1-18-11-13-20(14-12-18)27-26(30-28(33-27)21-8-3-2-4-9-21)24-17-23-22-10-6-5-7-19(22)15-16-25(23)32-29(24)31/h2-17H,1H3. The van der Waals surface area contributed by atoms with Gasteiger partial charge in [0.1, 0.15) is 10.6 Å². The molecule has 0 saturated heterocycles. The van der Waals surface area contributed by atoms with Gasteiger partial charge in [-0.15, -0.1) is 11.3 Å². The van der Waals surface area contributed by atoms with Gasteiger partial charge in [0, 0.05) is 10.9 Å². The van der Waals surface area contributed by atoms with Crippen LogP contribution in [0.5, 0.6) is 0 Å². The predicted octanol–water partition coefficient (Wildman–Crippen LogP) is 7.71. The van der Waals surface area contributed by atoms with Crippen LogP contribution in [0.2, 0.25) is 0 Å². The molecule has 0 saturated carbocycles. The van der Waals surface area contributed by atoms with Crippen molar-refractivity contribution in [1.29, 1.82) is 0 Å². The Hall–Kier alpha value is -4.02. The molecule has 0 N–H and O–H groups in total. The highest BCUT2D eigenvalue weighted by Gasteiger charge is 2.20. The maximum absolute atomic E-state index is 13.2. The molecule has 4 heteroatoms. The first-order valence-electron chi connectivity index (χ1n) is 10.8. The Morgan fingerprint density at radius 3 is 2.33 bits per heavy atom. The van der Waals surface area contributed by atoms with Crippen molar-refractivity contribution in [2.45, 2.75) is 6.92 Å². The Labute approximate surface area is 194 Å². The smallest absolute Gasteiger partial charge is 0.345 e. The molecule has 0 spiro atoms. The van der Waals surface area contributed by atoms with E-state index >= 15 is 0 Å². The second kappa shape index (κ2) is 7.84. The van der Waals surface area contributed by atoms with Gasteiger partial charge in [-0.3, -0.25) is 0 Å². The minimum atomic E-state index is -0.379. The molecule has 6 rings (SSSR count). The van der Waals surface area contributed by atoms with E-state index in [2.05, 4.69) is 43.3 Å². The lowest BCUT2D eigenvalue weighted by Gasteiger charge is -2.06. The van der Waals surface area contributed by atoms with Gasteiger partial charge in [-0.25, -0.2) is 9.78 Å². The molecule has 0 amide bonds. The number of aromatic nitrogens is 1. The highest BCUT2D eigenvalue weighted by Crippen LogP contribution is 2.40. The molecule has 0 aliphatic rings. The van der Waals surface area contributed by atoms with E-state index in [0.29, 0.717) is 16.8 Å². The van der Waals surface area contributed by atoms with E-state index in [0.717, 1.165) is 37.2 Å². The number of fused-ring (bicyclic) bond motifs is 3. The van der Waals surface area contributed by atoms with Crippen molar-refractivity contribution >= 4 is 33.1 Å². The molecule has 0 aliphatic carbocycles. The zero-order valence-electron chi connectivity index (χ0n) is 17.9. The van der Waals surface area contributed by atoms with E-state index in [-0.39, 0.29) is 5.63 Å². The summed E-state index contributed by atoms with van der Waals surface area (Å²) in [5, 5.41) is 3.94. The molecular weight excluding hydrogens is 426 g/mol. The molecule has 0 aliphatic heterocycles. The molecule has 0 radical (unpaired) electrons. The molecule has 2 heterocycles. The first kappa shape index (κ1) is 19.6. The lowest BCUT2D eigenvalue weighted by Crippen LogP contribution is -2.04. The molecule has 0 fully saturated rings. The lowest BCUT2D eigenvalue weighted by molar-refractivity contribution is 0.563. The number of thiazole rings is 1. The Kier molecular flexibility index (Phi) is 4.67. The van der Waals surface area contributed by atoms with Gasteiger partial charge >= 0.3 is 5.63 Å². The predicted molar refractivity (Wildman–Crippen MR) is 137 cm³/mol. The SMILES string of the molecule is Cc1ccc(-c2sc(-c3ccccc3)nc2-c2cc3c(ccc4ccccc43)oc2=O)cc1. The highest BCUT2D eigenvalue weighted by molar-refractivity contribution is 7.19. The summed E-state index contributed by atoms with van der Waals surface area (Å²) in [6.07, 6.45) is 0. The van der Waals surface area contributed by atoms with E-state index < -0.39 is 0 Å². The van der Waals surface area contributed by atoms with Crippen molar-refractivity contribution in [2.24, 2.45) is 0 Å². The van der Waals surface area contributed by atoms with Gasteiger partial charge in [-0.2, -0.15) is 0 Å². The monoisotopic (exact) mass is 445 g/mol. The number of nitrogens with zero attached hydrogens (tertiary/aromatic N) is 1. The largest absolute Gasteiger partial charge is 0.422 e. The lowest BCUT2D eigenvalue weighted by atomic mass is 10.0. The third kappa shape index (κ3) is 3.45. The van der Waals surface area contributed by atoms with Gasteiger partial charge in [-0.1, -0.05) is 90.5 Å². The average Bonchev–Trinajstić information content (AvgIpc) is 3.30. The summed E-state index contributed by atoms with van der Waals surface area (Å²) in [7, 11) is 0. The third-order valence-corrected chi connectivity index (χ3v) is 7.01. The minimum Gasteiger partial charge on any atom is -0.422 e. The summed E-state index contributed by atoms with van der Waals surface area (Å²) in [6.45, 7) is 2.07. The van der Waals surface area contributed by atoms with Crippen molar-refractivity contribution in [3.63, 3.8) is 0 Å². The third-order valence-electron chi connectivity index (χ3n) is 5.86. The van der Waals surface area contributed by atoms with E-state index in [4.69, 9.17) is 9.40 Å². The van der Waals surface area contributed by atoms with Crippen LogP contribution in [-0.4, -0.2) is 4.98 Å². The van der Waals surface area contributed by atoms with Gasteiger partial charge in [0.2, 0.25) is 0 Å². The van der Waals surface area contributed by atoms with E-state index in [1.54, 1.807) is 11.3 Å². The normalized spacial score (nSPS) is 11.3. The maximum Gasteiger partial charge on any atom is 0.345 e. The fourth-order valence-electron chi connectivity index (χ4n) is 4.14. The number of hydrogen-bond donors (Lipinski definition) is 0. The Morgan fingerprint density at radius 1 is 0.758 bits per heavy atom. The van der Waals surface area contributed by atoms with Crippen LogP contribution in [0.4, 0.5) is 0 Å². The topological polar surface area (TPSA) is 43.1 Å². The molecule has 4 aromatic carbocycles. The maximum atomic E-state index is 13.2. The number of rotatable bonds is 3. The molecule has 6 aromatic rings. The average molecular weight is 446 g/mol. The van der Waals surface area contributed by atoms with Gasteiger partial charge in [-0.05, 0) is 35.4 Å². The number of aryl methyl sites for hydroxylation is 1. The van der Waals surface area contributed by atoms with Crippen LogP contribution in [0.3, 0.4) is 0 Å². The first-order valence-corrected chi connectivity index (χ1v) is 11.6. The molecule has 0 atom stereocenters. The fraction of sp³-hybridized carbons (Fsp3) is 0.0345. The molecular formula is C29H19NO2S. The minimum absolute atomic E-state index is 0.379. The Morgan fingerprint density at radius 2 is 1.52 bits per heavy atom. The van der Waals surface area contributed by atoms with Crippen LogP contribution in [-0.2, 0) is 0 Å². The fourth-order valence-corrected chi connectivity index (χ4v) is 5.23. The second-order valence-electron chi connectivity index (χ2n) is 8.07. The summed E-state index contributed by atoms with van der Waals surface area (Å²) in [5.41, 5.74) is 4.59. The van der Waals surface area contributed by atoms with Crippen LogP contribution in [0.1, 0.15) is 5.56 Å². The second-order valence-corrected chi connectivity index (χ2v) is 9.07. The Bertz CT molecular complexity index is 1680. The zero-order valence-corrected chi connectivity index (χ0v) is 18.7. The molecule has 0 unspecified atom stereocenters. The molecule has 33 heavy (non-hydrogen) atoms. The quantitative estimate of drug-likeness (QED) is 0.207.